The molecule has 2 aliphatic heterocycles. The molecule has 122 valence electrons. The third-order valence-corrected chi connectivity index (χ3v) is 4.33. The van der Waals surface area contributed by atoms with E-state index in [1.807, 2.05) is 18.2 Å². The normalized spacial score (nSPS) is 20.6. The van der Waals surface area contributed by atoms with Crippen molar-refractivity contribution in [2.45, 2.75) is 6.29 Å². The van der Waals surface area contributed by atoms with E-state index in [0.717, 1.165) is 10.0 Å². The van der Waals surface area contributed by atoms with Gasteiger partial charge in [-0.05, 0) is 18.2 Å². The molecule has 2 saturated heterocycles. The van der Waals surface area contributed by atoms with E-state index in [4.69, 9.17) is 14.2 Å². The maximum atomic E-state index is 11.1. The predicted octanol–water partition coefficient (Wildman–Crippen LogP) is 1.75. The zero-order valence-electron chi connectivity index (χ0n) is 12.0. The average molecular weight is 400 g/mol. The summed E-state index contributed by atoms with van der Waals surface area (Å²) >= 11 is 4.74. The number of halogens is 1. The molecule has 0 spiro atoms. The number of hydrogen-bond acceptors (Lipinski definition) is 7. The number of carbonyl (C=O) groups is 1. The first-order valence-corrected chi connectivity index (χ1v) is 8.68. The van der Waals surface area contributed by atoms with Crippen LogP contribution in [0.2, 0.25) is 0 Å². The average Bonchev–Trinajstić information content (AvgIpc) is 3.18. The molecule has 1 N–H and O–H groups in total. The summed E-state index contributed by atoms with van der Waals surface area (Å²) in [5.41, 5.74) is 0.760. The van der Waals surface area contributed by atoms with Gasteiger partial charge in [-0.15, -0.1) is 5.10 Å². The summed E-state index contributed by atoms with van der Waals surface area (Å²) in [4.78, 5) is 11.1. The van der Waals surface area contributed by atoms with Crippen LogP contribution in [0.1, 0.15) is 5.56 Å². The molecule has 2 aliphatic rings. The molecule has 0 bridgehead atoms. The third kappa shape index (κ3) is 4.77. The molecule has 1 aromatic carbocycles. The Balaban J connectivity index is 1.66. The van der Waals surface area contributed by atoms with Gasteiger partial charge in [0.25, 0.3) is 0 Å². The van der Waals surface area contributed by atoms with Gasteiger partial charge in [-0.1, -0.05) is 27.7 Å². The van der Waals surface area contributed by atoms with Crippen LogP contribution in [-0.2, 0) is 14.3 Å². The van der Waals surface area contributed by atoms with Crippen LogP contribution >= 0.6 is 27.7 Å². The van der Waals surface area contributed by atoms with Crippen molar-refractivity contribution in [1.82, 2.24) is 5.32 Å². The predicted molar refractivity (Wildman–Crippen MR) is 91.0 cm³/mol. The van der Waals surface area contributed by atoms with E-state index in [-0.39, 0.29) is 12.2 Å². The van der Waals surface area contributed by atoms with Crippen LogP contribution in [0.4, 0.5) is 0 Å². The van der Waals surface area contributed by atoms with Crippen molar-refractivity contribution in [3.05, 3.63) is 28.2 Å². The number of ether oxygens (including phenoxy) is 3. The van der Waals surface area contributed by atoms with Crippen molar-refractivity contribution in [1.29, 1.82) is 0 Å². The maximum Gasteiger partial charge on any atom is 0.236 e. The Kier molecular flexibility index (Phi) is 5.65. The summed E-state index contributed by atoms with van der Waals surface area (Å²) in [6.07, 6.45) is 1.24. The molecule has 23 heavy (non-hydrogen) atoms. The van der Waals surface area contributed by atoms with Gasteiger partial charge < -0.3 is 19.5 Å². The fourth-order valence-corrected chi connectivity index (χ4v) is 2.95. The van der Waals surface area contributed by atoms with Gasteiger partial charge in [-0.2, -0.15) is 5.10 Å². The first-order valence-electron chi connectivity index (χ1n) is 6.90. The molecule has 0 aliphatic carbocycles. The van der Waals surface area contributed by atoms with Crippen LogP contribution in [0, 0.1) is 0 Å². The number of amidine groups is 1. The summed E-state index contributed by atoms with van der Waals surface area (Å²) in [6, 6.07) is 5.58. The first-order chi connectivity index (χ1) is 11.2. The lowest BCUT2D eigenvalue weighted by Gasteiger charge is -2.12. The first kappa shape index (κ1) is 16.4. The second kappa shape index (κ2) is 7.91. The van der Waals surface area contributed by atoms with Crippen molar-refractivity contribution < 1.29 is 19.0 Å². The number of benzene rings is 1. The largest absolute Gasteiger partial charge is 0.488 e. The Morgan fingerprint density at radius 3 is 3.00 bits per heavy atom. The summed E-state index contributed by atoms with van der Waals surface area (Å²) in [7, 11) is 0. The van der Waals surface area contributed by atoms with Crippen LogP contribution in [0.5, 0.6) is 5.75 Å². The molecule has 0 atom stereocenters. The number of thioether (sulfide) groups is 1. The molecule has 2 heterocycles. The molecule has 0 radical (unpaired) electrons. The highest BCUT2D eigenvalue weighted by atomic mass is 79.9. The number of hydrogen-bond donors (Lipinski definition) is 1. The fourth-order valence-electron chi connectivity index (χ4n) is 1.94. The minimum absolute atomic E-state index is 0.0630. The SMILES string of the molecule is O=C1CSC(=NN=Cc2cc(Br)ccc2OCC2OCCO2)N1. The van der Waals surface area contributed by atoms with Crippen LogP contribution in [0.15, 0.2) is 32.9 Å². The Hall–Kier alpha value is -1.42. The minimum Gasteiger partial charge on any atom is -0.488 e. The molecule has 7 nitrogen and oxygen atoms in total. The summed E-state index contributed by atoms with van der Waals surface area (Å²) in [6.45, 7) is 1.48. The molecule has 0 aromatic heterocycles. The number of carbonyl (C=O) groups excluding carboxylic acids is 1. The second-order valence-electron chi connectivity index (χ2n) is 4.65. The smallest absolute Gasteiger partial charge is 0.236 e. The maximum absolute atomic E-state index is 11.1. The molecule has 0 saturated carbocycles. The van der Waals surface area contributed by atoms with E-state index in [2.05, 4.69) is 31.4 Å². The number of nitrogens with one attached hydrogen (secondary N) is 1. The molecular weight excluding hydrogens is 386 g/mol. The Labute approximate surface area is 145 Å². The van der Waals surface area contributed by atoms with Gasteiger partial charge in [0.15, 0.2) is 11.5 Å². The standard InChI is InChI=1S/C14H14BrN3O4S/c15-10-1-2-11(22-7-13-20-3-4-21-13)9(5-10)6-16-18-14-17-12(19)8-23-14/h1-2,5-6,13H,3-4,7-8H2,(H,17,18,19). The van der Waals surface area contributed by atoms with Crippen molar-refractivity contribution in [3.8, 4) is 5.75 Å². The molecule has 0 unspecified atom stereocenters. The van der Waals surface area contributed by atoms with Gasteiger partial charge in [-0.3, -0.25) is 4.79 Å². The van der Waals surface area contributed by atoms with Gasteiger partial charge in [-0.25, -0.2) is 0 Å². The summed E-state index contributed by atoms with van der Waals surface area (Å²) in [5, 5.41) is 11.1. The van der Waals surface area contributed by atoms with E-state index in [0.29, 0.717) is 36.5 Å². The zero-order chi connectivity index (χ0) is 16.1. The highest BCUT2D eigenvalue weighted by Crippen LogP contribution is 2.22. The number of nitrogens with zero attached hydrogens (tertiary/aromatic N) is 2. The lowest BCUT2D eigenvalue weighted by Crippen LogP contribution is -2.19. The van der Waals surface area contributed by atoms with E-state index < -0.39 is 0 Å². The molecule has 1 amide bonds. The third-order valence-electron chi connectivity index (χ3n) is 2.97. The monoisotopic (exact) mass is 399 g/mol. The van der Waals surface area contributed by atoms with E-state index in [1.165, 1.54) is 11.8 Å². The van der Waals surface area contributed by atoms with Crippen molar-refractivity contribution in [3.63, 3.8) is 0 Å². The van der Waals surface area contributed by atoms with Crippen molar-refractivity contribution in [2.75, 3.05) is 25.6 Å². The summed E-state index contributed by atoms with van der Waals surface area (Å²) in [5.74, 6) is 0.965. The van der Waals surface area contributed by atoms with Crippen LogP contribution in [0.25, 0.3) is 0 Å². The highest BCUT2D eigenvalue weighted by Gasteiger charge is 2.17. The van der Waals surface area contributed by atoms with E-state index in [1.54, 1.807) is 6.21 Å². The van der Waals surface area contributed by atoms with Crippen molar-refractivity contribution >= 4 is 45.0 Å². The molecule has 9 heteroatoms. The van der Waals surface area contributed by atoms with Crippen molar-refractivity contribution in [2.24, 2.45) is 10.2 Å². The van der Waals surface area contributed by atoms with Gasteiger partial charge in [0.2, 0.25) is 5.91 Å². The van der Waals surface area contributed by atoms with Crippen LogP contribution in [-0.4, -0.2) is 49.2 Å². The molecule has 3 rings (SSSR count). The van der Waals surface area contributed by atoms with Crippen LogP contribution in [0.3, 0.4) is 0 Å². The van der Waals surface area contributed by atoms with Crippen LogP contribution < -0.4 is 10.1 Å². The molecule has 2 fully saturated rings. The summed E-state index contributed by atoms with van der Waals surface area (Å²) < 4.78 is 17.3. The Bertz CT molecular complexity index is 647. The minimum atomic E-state index is -0.339. The number of rotatable bonds is 5. The molecule has 1 aromatic rings. The lowest BCUT2D eigenvalue weighted by molar-refractivity contribution is -0.116. The molecular formula is C14H14BrN3O4S. The van der Waals surface area contributed by atoms with Gasteiger partial charge in [0.05, 0.1) is 25.2 Å². The highest BCUT2D eigenvalue weighted by molar-refractivity contribution is 9.10. The zero-order valence-corrected chi connectivity index (χ0v) is 14.4. The Morgan fingerprint density at radius 2 is 2.26 bits per heavy atom. The topological polar surface area (TPSA) is 81.5 Å². The Morgan fingerprint density at radius 1 is 1.43 bits per heavy atom. The van der Waals surface area contributed by atoms with E-state index >= 15 is 0 Å². The van der Waals surface area contributed by atoms with Gasteiger partial charge in [0.1, 0.15) is 12.4 Å². The van der Waals surface area contributed by atoms with Gasteiger partial charge >= 0.3 is 0 Å². The van der Waals surface area contributed by atoms with Gasteiger partial charge in [0, 0.05) is 10.0 Å². The second-order valence-corrected chi connectivity index (χ2v) is 6.53. The fraction of sp³-hybridized carbons (Fsp3) is 0.357. The quantitative estimate of drug-likeness (QED) is 0.602. The number of amides is 1. The van der Waals surface area contributed by atoms with E-state index in [9.17, 15) is 4.79 Å². The lowest BCUT2D eigenvalue weighted by atomic mass is 10.2.